The largest absolute Gasteiger partial charge is 0.365 e. The van der Waals surface area contributed by atoms with Crippen molar-refractivity contribution in [2.45, 2.75) is 38.6 Å². The molecule has 1 fully saturated rings. The van der Waals surface area contributed by atoms with Crippen LogP contribution in [0.5, 0.6) is 0 Å². The minimum atomic E-state index is 0.334. The van der Waals surface area contributed by atoms with Crippen LogP contribution in [-0.2, 0) is 11.2 Å². The Morgan fingerprint density at radius 3 is 3.00 bits per heavy atom. The molecule has 1 saturated heterocycles. The Morgan fingerprint density at radius 2 is 2.16 bits per heavy atom. The van der Waals surface area contributed by atoms with Crippen molar-refractivity contribution < 1.29 is 4.79 Å². The number of carbonyl (C=O) groups is 1. The maximum absolute atomic E-state index is 12.0. The van der Waals surface area contributed by atoms with Crippen LogP contribution in [0.1, 0.15) is 31.7 Å². The molecule has 2 heterocycles. The van der Waals surface area contributed by atoms with Crippen LogP contribution in [0.15, 0.2) is 24.3 Å². The number of benzene rings is 1. The number of rotatable bonds is 2. The molecule has 1 aromatic carbocycles. The van der Waals surface area contributed by atoms with Crippen molar-refractivity contribution in [1.29, 1.82) is 0 Å². The van der Waals surface area contributed by atoms with E-state index in [1.54, 1.807) is 0 Å². The average molecular weight is 258 g/mol. The average Bonchev–Trinajstić information content (AvgIpc) is 2.46. The van der Waals surface area contributed by atoms with E-state index in [1.807, 2.05) is 0 Å². The molecule has 0 aliphatic carbocycles. The third-order valence-corrected chi connectivity index (χ3v) is 4.35. The lowest BCUT2D eigenvalue weighted by atomic mass is 9.94. The molecule has 2 aliphatic rings. The highest BCUT2D eigenvalue weighted by molar-refractivity contribution is 5.76. The Labute approximate surface area is 115 Å². The number of amides is 1. The van der Waals surface area contributed by atoms with Crippen molar-refractivity contribution in [3.05, 3.63) is 29.8 Å². The summed E-state index contributed by atoms with van der Waals surface area (Å²) in [4.78, 5) is 16.6. The normalized spacial score (nSPS) is 21.8. The van der Waals surface area contributed by atoms with Gasteiger partial charge >= 0.3 is 0 Å². The first-order chi connectivity index (χ1) is 9.29. The fraction of sp³-hybridized carbons (Fsp3) is 0.562. The zero-order chi connectivity index (χ0) is 13.2. The van der Waals surface area contributed by atoms with Crippen molar-refractivity contribution in [3.63, 3.8) is 0 Å². The molecule has 0 bridgehead atoms. The van der Waals surface area contributed by atoms with Crippen molar-refractivity contribution >= 4 is 11.6 Å². The lowest BCUT2D eigenvalue weighted by Crippen LogP contribution is -2.56. The van der Waals surface area contributed by atoms with Crippen molar-refractivity contribution in [2.75, 3.05) is 24.5 Å². The topological polar surface area (TPSA) is 23.6 Å². The first-order valence-corrected chi connectivity index (χ1v) is 7.42. The minimum absolute atomic E-state index is 0.334. The van der Waals surface area contributed by atoms with Crippen LogP contribution in [0.4, 0.5) is 5.69 Å². The molecule has 19 heavy (non-hydrogen) atoms. The van der Waals surface area contributed by atoms with E-state index in [0.717, 1.165) is 32.5 Å². The molecule has 0 radical (unpaired) electrons. The van der Waals surface area contributed by atoms with E-state index >= 15 is 0 Å². The summed E-state index contributed by atoms with van der Waals surface area (Å²) in [5, 5.41) is 0. The summed E-state index contributed by atoms with van der Waals surface area (Å²) in [6.07, 6.45) is 3.97. The molecule has 0 aromatic heterocycles. The fourth-order valence-corrected chi connectivity index (χ4v) is 3.34. The zero-order valence-electron chi connectivity index (χ0n) is 11.6. The van der Waals surface area contributed by atoms with Gasteiger partial charge in [0, 0.05) is 37.8 Å². The van der Waals surface area contributed by atoms with E-state index in [-0.39, 0.29) is 0 Å². The smallest absolute Gasteiger partial charge is 0.222 e. The molecule has 2 aliphatic heterocycles. The summed E-state index contributed by atoms with van der Waals surface area (Å²) in [5.74, 6) is 0.334. The van der Waals surface area contributed by atoms with Crippen LogP contribution in [0.2, 0.25) is 0 Å². The highest BCUT2D eigenvalue weighted by Crippen LogP contribution is 2.32. The van der Waals surface area contributed by atoms with E-state index in [1.165, 1.54) is 17.7 Å². The Morgan fingerprint density at radius 1 is 1.32 bits per heavy atom. The number of fused-ring (bicyclic) bond motifs is 3. The molecule has 1 atom stereocenters. The Kier molecular flexibility index (Phi) is 3.45. The number of hydrogen-bond acceptors (Lipinski definition) is 2. The summed E-state index contributed by atoms with van der Waals surface area (Å²) >= 11 is 0. The van der Waals surface area contributed by atoms with Gasteiger partial charge in [-0.2, -0.15) is 0 Å². The number of carbonyl (C=O) groups excluding carboxylic acids is 1. The summed E-state index contributed by atoms with van der Waals surface area (Å²) in [7, 11) is 0. The van der Waals surface area contributed by atoms with Gasteiger partial charge in [0.25, 0.3) is 0 Å². The van der Waals surface area contributed by atoms with Gasteiger partial charge in [-0.05, 0) is 30.9 Å². The standard InChI is InChI=1S/C16H22N2O/c1-2-5-16(19)17-10-11-18-14(12-17)9-8-13-6-3-4-7-15(13)18/h3-4,6-7,14H,2,5,8-12H2,1H3. The fourth-order valence-electron chi connectivity index (χ4n) is 3.34. The van der Waals surface area contributed by atoms with Crippen molar-refractivity contribution in [3.8, 4) is 0 Å². The Bertz CT molecular complexity index is 472. The highest BCUT2D eigenvalue weighted by Gasteiger charge is 2.32. The zero-order valence-corrected chi connectivity index (χ0v) is 11.6. The van der Waals surface area contributed by atoms with Crippen LogP contribution < -0.4 is 4.90 Å². The molecule has 0 spiro atoms. The second-order valence-corrected chi connectivity index (χ2v) is 5.60. The predicted octanol–water partition coefficient (Wildman–Crippen LogP) is 2.45. The van der Waals surface area contributed by atoms with Gasteiger partial charge < -0.3 is 9.80 Å². The third-order valence-electron chi connectivity index (χ3n) is 4.35. The molecule has 0 N–H and O–H groups in total. The summed E-state index contributed by atoms with van der Waals surface area (Å²) in [6, 6.07) is 9.23. The first-order valence-electron chi connectivity index (χ1n) is 7.42. The number of aryl methyl sites for hydroxylation is 1. The number of para-hydroxylation sites is 1. The molecule has 3 rings (SSSR count). The van der Waals surface area contributed by atoms with Gasteiger partial charge in [-0.1, -0.05) is 25.1 Å². The van der Waals surface area contributed by atoms with Gasteiger partial charge in [0.15, 0.2) is 0 Å². The molecule has 1 aromatic rings. The predicted molar refractivity (Wildman–Crippen MR) is 77.4 cm³/mol. The van der Waals surface area contributed by atoms with Crippen LogP contribution in [0, 0.1) is 0 Å². The van der Waals surface area contributed by atoms with Crippen LogP contribution in [0.3, 0.4) is 0 Å². The van der Waals surface area contributed by atoms with Gasteiger partial charge in [0.05, 0.1) is 0 Å². The molecule has 102 valence electrons. The summed E-state index contributed by atoms with van der Waals surface area (Å²) < 4.78 is 0. The molecule has 3 nitrogen and oxygen atoms in total. The maximum Gasteiger partial charge on any atom is 0.222 e. The van der Waals surface area contributed by atoms with Gasteiger partial charge in [-0.3, -0.25) is 4.79 Å². The van der Waals surface area contributed by atoms with E-state index in [4.69, 9.17) is 0 Å². The second kappa shape index (κ2) is 5.24. The molecular weight excluding hydrogens is 236 g/mol. The number of hydrogen-bond donors (Lipinski definition) is 0. The third kappa shape index (κ3) is 2.34. The van der Waals surface area contributed by atoms with E-state index in [2.05, 4.69) is 41.0 Å². The molecule has 1 unspecified atom stereocenters. The maximum atomic E-state index is 12.0. The monoisotopic (exact) mass is 258 g/mol. The van der Waals surface area contributed by atoms with Crippen LogP contribution in [0.25, 0.3) is 0 Å². The number of anilines is 1. The van der Waals surface area contributed by atoms with Crippen LogP contribution in [-0.4, -0.2) is 36.5 Å². The quantitative estimate of drug-likeness (QED) is 0.813. The molecular formula is C16H22N2O. The van der Waals surface area contributed by atoms with Gasteiger partial charge in [0.1, 0.15) is 0 Å². The van der Waals surface area contributed by atoms with Gasteiger partial charge in [0.2, 0.25) is 5.91 Å². The van der Waals surface area contributed by atoms with Crippen molar-refractivity contribution in [1.82, 2.24) is 4.90 Å². The van der Waals surface area contributed by atoms with Gasteiger partial charge in [-0.25, -0.2) is 0 Å². The molecule has 0 saturated carbocycles. The lowest BCUT2D eigenvalue weighted by Gasteiger charge is -2.46. The van der Waals surface area contributed by atoms with Gasteiger partial charge in [-0.15, -0.1) is 0 Å². The highest BCUT2D eigenvalue weighted by atomic mass is 16.2. The molecule has 3 heteroatoms. The number of nitrogens with zero attached hydrogens (tertiary/aromatic N) is 2. The SMILES string of the molecule is CCCC(=O)N1CCN2c3ccccc3CCC2C1. The summed E-state index contributed by atoms with van der Waals surface area (Å²) in [5.41, 5.74) is 2.86. The van der Waals surface area contributed by atoms with E-state index in [0.29, 0.717) is 18.4 Å². The second-order valence-electron chi connectivity index (χ2n) is 5.60. The molecule has 1 amide bonds. The minimum Gasteiger partial charge on any atom is -0.365 e. The van der Waals surface area contributed by atoms with E-state index in [9.17, 15) is 4.79 Å². The van der Waals surface area contributed by atoms with E-state index < -0.39 is 0 Å². The number of piperazine rings is 1. The summed E-state index contributed by atoms with van der Waals surface area (Å²) in [6.45, 7) is 4.85. The Balaban J connectivity index is 1.74. The Hall–Kier alpha value is -1.51. The first kappa shape index (κ1) is 12.5. The lowest BCUT2D eigenvalue weighted by molar-refractivity contribution is -0.132. The van der Waals surface area contributed by atoms with Crippen LogP contribution >= 0.6 is 0 Å². The van der Waals surface area contributed by atoms with Crippen molar-refractivity contribution in [2.24, 2.45) is 0 Å².